The number of hydrogen-bond acceptors (Lipinski definition) is 2. The molecule has 6 heteroatoms. The summed E-state index contributed by atoms with van der Waals surface area (Å²) in [5.74, 6) is 0.819. The average Bonchev–Trinajstić information content (AvgIpc) is 3.09. The Kier molecular flexibility index (Phi) is 2.38. The average molecular weight is 281 g/mol. The quantitative estimate of drug-likeness (QED) is 0.488. The number of aromatic nitrogens is 4. The molecule has 0 amide bonds. The second-order valence-electron chi connectivity index (χ2n) is 4.84. The predicted molar refractivity (Wildman–Crippen MR) is 78.4 cm³/mol. The standard InChI is InChI=1S/C15H12N4O2/c1-21-10-4-2-9(3-5-10)12-8-19-7-6-11-13(14(19)16-12)18-15(20)17-11/h2-8H,1H3,(H2,16,17,18,20)/p+1. The van der Waals surface area contributed by atoms with E-state index in [4.69, 9.17) is 4.74 Å². The van der Waals surface area contributed by atoms with Gasteiger partial charge in [0.25, 0.3) is 0 Å². The fourth-order valence-electron chi connectivity index (χ4n) is 2.52. The fraction of sp³-hybridized carbons (Fsp3) is 0.0667. The predicted octanol–water partition coefficient (Wildman–Crippen LogP) is 1.60. The molecule has 0 radical (unpaired) electrons. The van der Waals surface area contributed by atoms with E-state index in [1.54, 1.807) is 7.11 Å². The van der Waals surface area contributed by atoms with Crippen molar-refractivity contribution in [1.29, 1.82) is 0 Å². The van der Waals surface area contributed by atoms with Crippen molar-refractivity contribution in [3.8, 4) is 17.0 Å². The third-order valence-corrected chi connectivity index (χ3v) is 3.58. The minimum absolute atomic E-state index is 0.210. The number of methoxy groups -OCH3 is 1. The molecule has 104 valence electrons. The number of benzene rings is 1. The highest BCUT2D eigenvalue weighted by Crippen LogP contribution is 2.21. The van der Waals surface area contributed by atoms with E-state index in [1.807, 2.05) is 47.1 Å². The van der Waals surface area contributed by atoms with Gasteiger partial charge in [0, 0.05) is 11.6 Å². The number of nitrogens with one attached hydrogen (secondary N) is 3. The normalized spacial score (nSPS) is 11.3. The van der Waals surface area contributed by atoms with E-state index in [9.17, 15) is 4.79 Å². The molecule has 0 fully saturated rings. The zero-order valence-corrected chi connectivity index (χ0v) is 11.3. The molecule has 0 bridgehead atoms. The molecule has 0 aliphatic rings. The molecule has 3 aromatic heterocycles. The monoisotopic (exact) mass is 281 g/mol. The van der Waals surface area contributed by atoms with Crippen molar-refractivity contribution in [2.75, 3.05) is 7.11 Å². The van der Waals surface area contributed by atoms with Crippen LogP contribution >= 0.6 is 0 Å². The lowest BCUT2D eigenvalue weighted by Gasteiger charge is -1.98. The van der Waals surface area contributed by atoms with Gasteiger partial charge in [-0.25, -0.2) is 14.2 Å². The summed E-state index contributed by atoms with van der Waals surface area (Å²) in [6.45, 7) is 0. The Morgan fingerprint density at radius 3 is 2.62 bits per heavy atom. The van der Waals surface area contributed by atoms with Crippen molar-refractivity contribution in [3.05, 3.63) is 53.2 Å². The van der Waals surface area contributed by atoms with Crippen LogP contribution in [0.3, 0.4) is 0 Å². The second-order valence-corrected chi connectivity index (χ2v) is 4.84. The Balaban J connectivity index is 1.93. The summed E-state index contributed by atoms with van der Waals surface area (Å²) in [5.41, 5.74) is 4.19. The molecule has 0 unspecified atom stereocenters. The number of imidazole rings is 2. The van der Waals surface area contributed by atoms with E-state index in [-0.39, 0.29) is 5.69 Å². The van der Waals surface area contributed by atoms with Crippen molar-refractivity contribution < 1.29 is 9.14 Å². The van der Waals surface area contributed by atoms with Gasteiger partial charge in [0.1, 0.15) is 11.9 Å². The van der Waals surface area contributed by atoms with E-state index < -0.39 is 0 Å². The van der Waals surface area contributed by atoms with Gasteiger partial charge in [0.2, 0.25) is 0 Å². The molecule has 0 aliphatic heterocycles. The van der Waals surface area contributed by atoms with Crippen LogP contribution in [0, 0.1) is 0 Å². The topological polar surface area (TPSA) is 77.8 Å². The molecule has 4 aromatic rings. The Bertz CT molecular complexity index is 992. The number of aromatic amines is 3. The van der Waals surface area contributed by atoms with Crippen LogP contribution < -0.4 is 14.8 Å². The number of H-pyrrole nitrogens is 3. The molecule has 21 heavy (non-hydrogen) atoms. The van der Waals surface area contributed by atoms with E-state index in [0.717, 1.165) is 33.7 Å². The summed E-state index contributed by atoms with van der Waals surface area (Å²) >= 11 is 0. The summed E-state index contributed by atoms with van der Waals surface area (Å²) in [7, 11) is 1.65. The number of nitrogens with zero attached hydrogens (tertiary/aromatic N) is 1. The summed E-state index contributed by atoms with van der Waals surface area (Å²) in [6, 6.07) is 9.67. The maximum absolute atomic E-state index is 11.4. The smallest absolute Gasteiger partial charge is 0.324 e. The summed E-state index contributed by atoms with van der Waals surface area (Å²) in [5, 5.41) is 0. The lowest BCUT2D eigenvalue weighted by atomic mass is 10.2. The molecule has 0 atom stereocenters. The van der Waals surface area contributed by atoms with Gasteiger partial charge in [-0.2, -0.15) is 0 Å². The largest absolute Gasteiger partial charge is 0.497 e. The van der Waals surface area contributed by atoms with Crippen molar-refractivity contribution in [1.82, 2.24) is 15.0 Å². The first-order valence-corrected chi connectivity index (χ1v) is 6.54. The minimum Gasteiger partial charge on any atom is -0.497 e. The maximum Gasteiger partial charge on any atom is 0.324 e. The molecule has 1 aromatic carbocycles. The van der Waals surface area contributed by atoms with Crippen LogP contribution in [-0.4, -0.2) is 22.1 Å². The van der Waals surface area contributed by atoms with Crippen LogP contribution in [0.15, 0.2) is 47.5 Å². The summed E-state index contributed by atoms with van der Waals surface area (Å²) in [4.78, 5) is 20.3. The van der Waals surface area contributed by atoms with E-state index in [0.29, 0.717) is 0 Å². The number of ether oxygens (including phenoxy) is 1. The number of pyridine rings is 1. The van der Waals surface area contributed by atoms with Gasteiger partial charge < -0.3 is 9.72 Å². The van der Waals surface area contributed by atoms with Gasteiger partial charge in [-0.05, 0) is 24.3 Å². The van der Waals surface area contributed by atoms with Gasteiger partial charge in [-0.1, -0.05) is 0 Å². The Hall–Kier alpha value is -3.02. The molecule has 6 nitrogen and oxygen atoms in total. The third kappa shape index (κ3) is 1.80. The van der Waals surface area contributed by atoms with E-state index in [1.165, 1.54) is 0 Å². The van der Waals surface area contributed by atoms with Gasteiger partial charge >= 0.3 is 11.3 Å². The van der Waals surface area contributed by atoms with Gasteiger partial charge in [-0.3, -0.25) is 4.98 Å². The van der Waals surface area contributed by atoms with E-state index >= 15 is 0 Å². The van der Waals surface area contributed by atoms with Crippen LogP contribution in [0.5, 0.6) is 5.75 Å². The fourth-order valence-corrected chi connectivity index (χ4v) is 2.52. The van der Waals surface area contributed by atoms with Gasteiger partial charge in [-0.15, -0.1) is 0 Å². The van der Waals surface area contributed by atoms with Crippen LogP contribution in [0.1, 0.15) is 0 Å². The number of rotatable bonds is 2. The Morgan fingerprint density at radius 1 is 1.05 bits per heavy atom. The molecule has 4 rings (SSSR count). The lowest BCUT2D eigenvalue weighted by Crippen LogP contribution is -2.17. The highest BCUT2D eigenvalue weighted by atomic mass is 16.5. The van der Waals surface area contributed by atoms with Gasteiger partial charge in [0.05, 0.1) is 18.8 Å². The molecule has 0 spiro atoms. The summed E-state index contributed by atoms with van der Waals surface area (Å²) < 4.78 is 7.12. The van der Waals surface area contributed by atoms with Gasteiger partial charge in [0.15, 0.2) is 11.2 Å². The molecule has 0 saturated heterocycles. The van der Waals surface area contributed by atoms with Crippen molar-refractivity contribution in [2.24, 2.45) is 0 Å². The zero-order valence-electron chi connectivity index (χ0n) is 11.3. The van der Waals surface area contributed by atoms with Crippen LogP contribution in [0.25, 0.3) is 27.9 Å². The Labute approximate surface area is 119 Å². The van der Waals surface area contributed by atoms with Crippen molar-refractivity contribution in [3.63, 3.8) is 0 Å². The first-order valence-electron chi connectivity index (χ1n) is 6.54. The number of fused-ring (bicyclic) bond motifs is 3. The molecule has 0 saturated carbocycles. The maximum atomic E-state index is 11.4. The Morgan fingerprint density at radius 2 is 1.86 bits per heavy atom. The van der Waals surface area contributed by atoms with E-state index in [2.05, 4.69) is 15.0 Å². The SMILES string of the molecule is COc1ccc(-c2c[n+]3ccc4[nH]c(=O)[nH]c4c3[nH]2)cc1. The van der Waals surface area contributed by atoms with Crippen molar-refractivity contribution >= 4 is 16.7 Å². The van der Waals surface area contributed by atoms with Crippen LogP contribution in [-0.2, 0) is 0 Å². The molecule has 3 heterocycles. The second kappa shape index (κ2) is 4.24. The number of hydrogen-bond donors (Lipinski definition) is 3. The lowest BCUT2D eigenvalue weighted by molar-refractivity contribution is -0.508. The molecular weight excluding hydrogens is 268 g/mol. The van der Waals surface area contributed by atoms with Crippen molar-refractivity contribution in [2.45, 2.75) is 0 Å². The summed E-state index contributed by atoms with van der Waals surface area (Å²) in [6.07, 6.45) is 3.90. The van der Waals surface area contributed by atoms with Crippen LogP contribution in [0.2, 0.25) is 0 Å². The molecule has 3 N–H and O–H groups in total. The first kappa shape index (κ1) is 11.8. The third-order valence-electron chi connectivity index (χ3n) is 3.58. The van der Waals surface area contributed by atoms with Crippen LogP contribution in [0.4, 0.5) is 0 Å². The highest BCUT2D eigenvalue weighted by molar-refractivity contribution is 5.85. The first-order chi connectivity index (χ1) is 10.2. The highest BCUT2D eigenvalue weighted by Gasteiger charge is 2.15. The minimum atomic E-state index is -0.210. The zero-order chi connectivity index (χ0) is 14.4. The molecule has 0 aliphatic carbocycles. The molecular formula is C15H13N4O2+.